The number of aromatic nitrogens is 2. The minimum Gasteiger partial charge on any atom is -0.497 e. The van der Waals surface area contributed by atoms with Crippen LogP contribution >= 0.6 is 11.3 Å². The van der Waals surface area contributed by atoms with Gasteiger partial charge in [0, 0.05) is 28.9 Å². The van der Waals surface area contributed by atoms with Crippen molar-refractivity contribution in [1.82, 2.24) is 9.38 Å². The minimum atomic E-state index is -0.124. The summed E-state index contributed by atoms with van der Waals surface area (Å²) >= 11 is 1.53. The molecule has 0 aliphatic heterocycles. The number of carbonyl (C=O) groups excluding carboxylic acids is 1. The van der Waals surface area contributed by atoms with E-state index in [0.29, 0.717) is 17.2 Å². The predicted molar refractivity (Wildman–Crippen MR) is 120 cm³/mol. The van der Waals surface area contributed by atoms with Crippen molar-refractivity contribution in [1.29, 1.82) is 0 Å². The number of aryl methyl sites for hydroxylation is 1. The van der Waals surface area contributed by atoms with E-state index in [9.17, 15) is 4.79 Å². The van der Waals surface area contributed by atoms with Gasteiger partial charge in [0.1, 0.15) is 11.5 Å². The van der Waals surface area contributed by atoms with Gasteiger partial charge in [-0.1, -0.05) is 31.2 Å². The normalized spacial score (nSPS) is 10.9. The van der Waals surface area contributed by atoms with E-state index in [-0.39, 0.29) is 12.3 Å². The third-order valence-corrected chi connectivity index (χ3v) is 5.85. The molecule has 0 saturated heterocycles. The molecule has 0 spiro atoms. The Kier molecular flexibility index (Phi) is 5.72. The van der Waals surface area contributed by atoms with Gasteiger partial charge in [0.2, 0.25) is 5.91 Å². The van der Waals surface area contributed by atoms with Crippen LogP contribution in [0.3, 0.4) is 0 Å². The molecule has 0 aliphatic carbocycles. The largest absolute Gasteiger partial charge is 0.497 e. The molecule has 154 valence electrons. The zero-order chi connectivity index (χ0) is 21.1. The molecular weight excluding hydrogens is 398 g/mol. The molecule has 1 amide bonds. The fourth-order valence-corrected chi connectivity index (χ4v) is 4.14. The van der Waals surface area contributed by atoms with Crippen LogP contribution in [0, 0.1) is 0 Å². The monoisotopic (exact) mass is 421 g/mol. The summed E-state index contributed by atoms with van der Waals surface area (Å²) in [4.78, 5) is 18.2. The SMILES string of the molecule is CCc1ccc(-c2cn3c(CC(=O)Nc4ccc(OC)cc4OC)csc3n2)cc1. The second kappa shape index (κ2) is 8.59. The Hall–Kier alpha value is -3.32. The third kappa shape index (κ3) is 4.02. The summed E-state index contributed by atoms with van der Waals surface area (Å²) in [5, 5.41) is 4.89. The highest BCUT2D eigenvalue weighted by Crippen LogP contribution is 2.29. The van der Waals surface area contributed by atoms with Crippen LogP contribution in [0.4, 0.5) is 5.69 Å². The Morgan fingerprint density at radius 3 is 2.63 bits per heavy atom. The molecule has 2 aromatic carbocycles. The number of carbonyl (C=O) groups is 1. The molecule has 2 heterocycles. The maximum Gasteiger partial charge on any atom is 0.230 e. The van der Waals surface area contributed by atoms with Gasteiger partial charge in [-0.3, -0.25) is 9.20 Å². The zero-order valence-corrected chi connectivity index (χ0v) is 18.0. The molecule has 4 rings (SSSR count). The van der Waals surface area contributed by atoms with Crippen molar-refractivity contribution in [3.63, 3.8) is 0 Å². The molecule has 30 heavy (non-hydrogen) atoms. The Morgan fingerprint density at radius 1 is 1.13 bits per heavy atom. The number of hydrogen-bond donors (Lipinski definition) is 1. The van der Waals surface area contributed by atoms with Crippen LogP contribution in [0.1, 0.15) is 18.2 Å². The number of hydrogen-bond acceptors (Lipinski definition) is 5. The zero-order valence-electron chi connectivity index (χ0n) is 17.1. The van der Waals surface area contributed by atoms with E-state index in [1.807, 2.05) is 16.0 Å². The van der Waals surface area contributed by atoms with Gasteiger partial charge in [-0.05, 0) is 24.1 Å². The van der Waals surface area contributed by atoms with Crippen molar-refractivity contribution in [2.24, 2.45) is 0 Å². The van der Waals surface area contributed by atoms with Crippen LogP contribution in [0.25, 0.3) is 16.2 Å². The Balaban J connectivity index is 1.52. The van der Waals surface area contributed by atoms with Crippen LogP contribution in [-0.4, -0.2) is 29.5 Å². The topological polar surface area (TPSA) is 64.9 Å². The van der Waals surface area contributed by atoms with Crippen LogP contribution in [0.2, 0.25) is 0 Å². The average molecular weight is 422 g/mol. The molecule has 0 unspecified atom stereocenters. The summed E-state index contributed by atoms with van der Waals surface area (Å²) < 4.78 is 12.5. The number of thiazole rings is 1. The summed E-state index contributed by atoms with van der Waals surface area (Å²) in [6, 6.07) is 13.7. The first-order chi connectivity index (χ1) is 14.6. The van der Waals surface area contributed by atoms with Crippen LogP contribution in [-0.2, 0) is 17.6 Å². The predicted octanol–water partition coefficient (Wildman–Crippen LogP) is 4.82. The second-order valence-corrected chi connectivity index (χ2v) is 7.68. The van der Waals surface area contributed by atoms with Crippen molar-refractivity contribution in [3.8, 4) is 22.8 Å². The number of benzene rings is 2. The summed E-state index contributed by atoms with van der Waals surface area (Å²) in [6.45, 7) is 2.14. The number of anilines is 1. The van der Waals surface area contributed by atoms with Gasteiger partial charge < -0.3 is 14.8 Å². The first kappa shape index (κ1) is 20.0. The number of nitrogens with zero attached hydrogens (tertiary/aromatic N) is 2. The van der Waals surface area contributed by atoms with Gasteiger partial charge in [-0.25, -0.2) is 4.98 Å². The van der Waals surface area contributed by atoms with Gasteiger partial charge in [-0.2, -0.15) is 0 Å². The lowest BCUT2D eigenvalue weighted by Gasteiger charge is -2.11. The molecule has 7 heteroatoms. The number of rotatable bonds is 7. The van der Waals surface area contributed by atoms with E-state index in [4.69, 9.17) is 14.5 Å². The summed E-state index contributed by atoms with van der Waals surface area (Å²) in [5.41, 5.74) is 4.77. The van der Waals surface area contributed by atoms with Gasteiger partial charge in [0.25, 0.3) is 0 Å². The van der Waals surface area contributed by atoms with Crippen LogP contribution in [0.5, 0.6) is 11.5 Å². The molecule has 4 aromatic rings. The van der Waals surface area contributed by atoms with Gasteiger partial charge in [0.05, 0.1) is 32.0 Å². The number of imidazole rings is 1. The molecule has 0 atom stereocenters. The minimum absolute atomic E-state index is 0.124. The van der Waals surface area contributed by atoms with E-state index in [2.05, 4.69) is 36.5 Å². The van der Waals surface area contributed by atoms with Gasteiger partial charge in [-0.15, -0.1) is 11.3 Å². The lowest BCUT2D eigenvalue weighted by Crippen LogP contribution is -2.15. The molecule has 0 bridgehead atoms. The molecule has 0 radical (unpaired) electrons. The summed E-state index contributed by atoms with van der Waals surface area (Å²) in [7, 11) is 3.15. The highest BCUT2D eigenvalue weighted by atomic mass is 32.1. The molecule has 0 saturated carbocycles. The average Bonchev–Trinajstić information content (AvgIpc) is 3.36. The van der Waals surface area contributed by atoms with Crippen molar-refractivity contribution < 1.29 is 14.3 Å². The van der Waals surface area contributed by atoms with E-state index in [1.165, 1.54) is 16.9 Å². The second-order valence-electron chi connectivity index (χ2n) is 6.85. The molecular formula is C23H23N3O3S. The molecule has 1 N–H and O–H groups in total. The highest BCUT2D eigenvalue weighted by Gasteiger charge is 2.14. The number of ether oxygens (including phenoxy) is 2. The standard InChI is InChI=1S/C23H23N3O3S/c1-4-15-5-7-16(8-6-15)20-13-26-17(14-30-23(26)25-20)11-22(27)24-19-10-9-18(28-2)12-21(19)29-3/h5-10,12-14H,4,11H2,1-3H3,(H,24,27). The maximum absolute atomic E-state index is 12.7. The fraction of sp³-hybridized carbons (Fsp3) is 0.217. The van der Waals surface area contributed by atoms with Crippen molar-refractivity contribution in [3.05, 3.63) is 65.3 Å². The van der Waals surface area contributed by atoms with Gasteiger partial charge in [0.15, 0.2) is 4.96 Å². The van der Waals surface area contributed by atoms with Crippen molar-refractivity contribution >= 4 is 27.9 Å². The Labute approximate surface area is 179 Å². The van der Waals surface area contributed by atoms with Crippen molar-refractivity contribution in [2.45, 2.75) is 19.8 Å². The number of amides is 1. The van der Waals surface area contributed by atoms with E-state index in [0.717, 1.165) is 28.3 Å². The van der Waals surface area contributed by atoms with E-state index >= 15 is 0 Å². The summed E-state index contributed by atoms with van der Waals surface area (Å²) in [5.74, 6) is 1.10. The molecule has 6 nitrogen and oxygen atoms in total. The lowest BCUT2D eigenvalue weighted by atomic mass is 10.1. The summed E-state index contributed by atoms with van der Waals surface area (Å²) in [6.07, 6.45) is 3.24. The Morgan fingerprint density at radius 2 is 1.93 bits per heavy atom. The fourth-order valence-electron chi connectivity index (χ4n) is 3.27. The number of methoxy groups -OCH3 is 2. The highest BCUT2D eigenvalue weighted by molar-refractivity contribution is 7.15. The van der Waals surface area contributed by atoms with E-state index in [1.54, 1.807) is 32.4 Å². The molecule has 0 aliphatic rings. The number of nitrogens with one attached hydrogen (secondary N) is 1. The maximum atomic E-state index is 12.7. The number of fused-ring (bicyclic) bond motifs is 1. The van der Waals surface area contributed by atoms with Gasteiger partial charge >= 0.3 is 0 Å². The smallest absolute Gasteiger partial charge is 0.230 e. The molecule has 2 aromatic heterocycles. The van der Waals surface area contributed by atoms with Crippen molar-refractivity contribution in [2.75, 3.05) is 19.5 Å². The third-order valence-electron chi connectivity index (χ3n) is 4.97. The van der Waals surface area contributed by atoms with Crippen LogP contribution in [0.15, 0.2) is 54.0 Å². The lowest BCUT2D eigenvalue weighted by molar-refractivity contribution is -0.115. The van der Waals surface area contributed by atoms with Crippen LogP contribution < -0.4 is 14.8 Å². The quantitative estimate of drug-likeness (QED) is 0.464. The first-order valence-corrected chi connectivity index (χ1v) is 10.6. The molecule has 0 fully saturated rings. The first-order valence-electron chi connectivity index (χ1n) is 9.68. The van der Waals surface area contributed by atoms with E-state index < -0.39 is 0 Å². The Bertz CT molecular complexity index is 1180.